The molecule has 1 saturated heterocycles. The number of rotatable bonds is 5. The molecule has 1 heterocycles. The molecule has 1 aromatic carbocycles. The van der Waals surface area contributed by atoms with E-state index in [-0.39, 0.29) is 12.5 Å². The van der Waals surface area contributed by atoms with Gasteiger partial charge < -0.3 is 14.7 Å². The van der Waals surface area contributed by atoms with Gasteiger partial charge >= 0.3 is 5.97 Å². The van der Waals surface area contributed by atoms with Crippen molar-refractivity contribution in [2.75, 3.05) is 19.8 Å². The summed E-state index contributed by atoms with van der Waals surface area (Å²) in [6.07, 6.45) is 1.93. The maximum Gasteiger partial charge on any atom is 0.328 e. The standard InChI is InChI=1S/C15H19NO4/c17-14(8-4-7-12-5-2-1-3-6-12)16-9-10-20-11-13(16)15(18)19/h1-3,5-6,13H,4,7-11H2,(H,18,19)/t13-/m1/s1. The van der Waals surface area contributed by atoms with Gasteiger partial charge in [-0.25, -0.2) is 4.79 Å². The molecule has 1 aliphatic rings. The first-order valence-corrected chi connectivity index (χ1v) is 6.82. The van der Waals surface area contributed by atoms with Crippen LogP contribution in [0.3, 0.4) is 0 Å². The van der Waals surface area contributed by atoms with Crippen LogP contribution in [0.1, 0.15) is 18.4 Å². The molecule has 1 N–H and O–H groups in total. The number of aryl methyl sites for hydroxylation is 1. The van der Waals surface area contributed by atoms with E-state index >= 15 is 0 Å². The fourth-order valence-corrected chi connectivity index (χ4v) is 2.34. The highest BCUT2D eigenvalue weighted by molar-refractivity contribution is 5.84. The summed E-state index contributed by atoms with van der Waals surface area (Å²) in [6, 6.07) is 9.12. The molecule has 1 aromatic rings. The number of morpholine rings is 1. The van der Waals surface area contributed by atoms with Crippen LogP contribution in [0.15, 0.2) is 30.3 Å². The zero-order chi connectivity index (χ0) is 14.4. The zero-order valence-electron chi connectivity index (χ0n) is 11.3. The highest BCUT2D eigenvalue weighted by atomic mass is 16.5. The van der Waals surface area contributed by atoms with Gasteiger partial charge in [0.15, 0.2) is 6.04 Å². The summed E-state index contributed by atoms with van der Waals surface area (Å²) in [5, 5.41) is 9.09. The number of hydrogen-bond donors (Lipinski definition) is 1. The van der Waals surface area contributed by atoms with E-state index in [9.17, 15) is 9.59 Å². The molecule has 1 amide bonds. The molecule has 1 fully saturated rings. The van der Waals surface area contributed by atoms with Crippen molar-refractivity contribution in [3.05, 3.63) is 35.9 Å². The average molecular weight is 277 g/mol. The SMILES string of the molecule is O=C(O)[C@H]1COCCN1C(=O)CCCc1ccccc1. The van der Waals surface area contributed by atoms with Gasteiger partial charge in [-0.3, -0.25) is 4.79 Å². The minimum Gasteiger partial charge on any atom is -0.480 e. The summed E-state index contributed by atoms with van der Waals surface area (Å²) >= 11 is 0. The van der Waals surface area contributed by atoms with Crippen LogP contribution in [-0.2, 0) is 20.7 Å². The average Bonchev–Trinajstić information content (AvgIpc) is 2.48. The van der Waals surface area contributed by atoms with Gasteiger partial charge in [0.25, 0.3) is 0 Å². The van der Waals surface area contributed by atoms with E-state index in [1.54, 1.807) is 0 Å². The maximum absolute atomic E-state index is 12.1. The topological polar surface area (TPSA) is 66.8 Å². The Morgan fingerprint density at radius 1 is 1.30 bits per heavy atom. The van der Waals surface area contributed by atoms with E-state index in [2.05, 4.69) is 0 Å². The van der Waals surface area contributed by atoms with Crippen LogP contribution in [0.5, 0.6) is 0 Å². The first kappa shape index (κ1) is 14.5. The lowest BCUT2D eigenvalue weighted by Crippen LogP contribution is -2.52. The Hall–Kier alpha value is -1.88. The highest BCUT2D eigenvalue weighted by Gasteiger charge is 2.32. The Balaban J connectivity index is 1.83. The molecule has 1 aliphatic heterocycles. The molecular weight excluding hydrogens is 258 g/mol. The quantitative estimate of drug-likeness (QED) is 0.881. The third-order valence-electron chi connectivity index (χ3n) is 3.43. The van der Waals surface area contributed by atoms with Crippen molar-refractivity contribution in [2.24, 2.45) is 0 Å². The zero-order valence-corrected chi connectivity index (χ0v) is 11.3. The normalized spacial score (nSPS) is 18.8. The van der Waals surface area contributed by atoms with Crippen LogP contribution in [-0.4, -0.2) is 47.7 Å². The van der Waals surface area contributed by atoms with E-state index in [0.29, 0.717) is 19.6 Å². The second-order valence-corrected chi connectivity index (χ2v) is 4.86. The number of amides is 1. The molecule has 0 spiro atoms. The van der Waals surface area contributed by atoms with Crippen molar-refractivity contribution in [1.29, 1.82) is 0 Å². The predicted octanol–water partition coefficient (Wildman–Crippen LogP) is 1.32. The molecule has 0 unspecified atom stereocenters. The molecule has 5 nitrogen and oxygen atoms in total. The predicted molar refractivity (Wildman–Crippen MR) is 73.3 cm³/mol. The van der Waals surface area contributed by atoms with Crippen molar-refractivity contribution in [3.63, 3.8) is 0 Å². The van der Waals surface area contributed by atoms with Gasteiger partial charge in [0.2, 0.25) is 5.91 Å². The van der Waals surface area contributed by atoms with E-state index in [4.69, 9.17) is 9.84 Å². The molecule has 0 radical (unpaired) electrons. The highest BCUT2D eigenvalue weighted by Crippen LogP contribution is 2.12. The Labute approximate surface area is 118 Å². The van der Waals surface area contributed by atoms with Crippen LogP contribution in [0, 0.1) is 0 Å². The van der Waals surface area contributed by atoms with Crippen molar-refractivity contribution >= 4 is 11.9 Å². The van der Waals surface area contributed by atoms with Crippen LogP contribution in [0.25, 0.3) is 0 Å². The minimum atomic E-state index is -0.999. The number of carboxylic acid groups (broad SMARTS) is 1. The lowest BCUT2D eigenvalue weighted by Gasteiger charge is -2.32. The molecule has 0 saturated carbocycles. The molecular formula is C15H19NO4. The van der Waals surface area contributed by atoms with Crippen molar-refractivity contribution in [2.45, 2.75) is 25.3 Å². The fourth-order valence-electron chi connectivity index (χ4n) is 2.34. The lowest BCUT2D eigenvalue weighted by molar-refractivity contribution is -0.158. The van der Waals surface area contributed by atoms with E-state index in [1.807, 2.05) is 30.3 Å². The first-order valence-electron chi connectivity index (χ1n) is 6.82. The second kappa shape index (κ2) is 7.05. The maximum atomic E-state index is 12.1. The first-order chi connectivity index (χ1) is 9.68. The van der Waals surface area contributed by atoms with Gasteiger partial charge in [-0.2, -0.15) is 0 Å². The van der Waals surface area contributed by atoms with E-state index < -0.39 is 12.0 Å². The van der Waals surface area contributed by atoms with Crippen molar-refractivity contribution in [3.8, 4) is 0 Å². The van der Waals surface area contributed by atoms with Crippen LogP contribution < -0.4 is 0 Å². The summed E-state index contributed by atoms with van der Waals surface area (Å²) in [5.74, 6) is -1.10. The summed E-state index contributed by atoms with van der Waals surface area (Å²) in [4.78, 5) is 24.6. The summed E-state index contributed by atoms with van der Waals surface area (Å²) < 4.78 is 5.12. The summed E-state index contributed by atoms with van der Waals surface area (Å²) in [7, 11) is 0. The number of hydrogen-bond acceptors (Lipinski definition) is 3. The molecule has 0 aromatic heterocycles. The molecule has 5 heteroatoms. The molecule has 20 heavy (non-hydrogen) atoms. The number of aliphatic carboxylic acids is 1. The number of nitrogens with zero attached hydrogens (tertiary/aromatic N) is 1. The van der Waals surface area contributed by atoms with Gasteiger partial charge in [-0.05, 0) is 18.4 Å². The van der Waals surface area contributed by atoms with Gasteiger partial charge in [0.1, 0.15) is 0 Å². The summed E-state index contributed by atoms with van der Waals surface area (Å²) in [6.45, 7) is 0.856. The minimum absolute atomic E-state index is 0.0831. The second-order valence-electron chi connectivity index (χ2n) is 4.86. The number of carboxylic acids is 1. The van der Waals surface area contributed by atoms with Crippen molar-refractivity contribution < 1.29 is 19.4 Å². The molecule has 0 aliphatic carbocycles. The van der Waals surface area contributed by atoms with Gasteiger partial charge in [0, 0.05) is 13.0 Å². The Kier molecular flexibility index (Phi) is 5.12. The summed E-state index contributed by atoms with van der Waals surface area (Å²) in [5.41, 5.74) is 1.19. The monoisotopic (exact) mass is 277 g/mol. The van der Waals surface area contributed by atoms with Gasteiger partial charge in [0.05, 0.1) is 13.2 Å². The van der Waals surface area contributed by atoms with Crippen LogP contribution in [0.2, 0.25) is 0 Å². The van der Waals surface area contributed by atoms with Crippen LogP contribution >= 0.6 is 0 Å². The number of benzene rings is 1. The van der Waals surface area contributed by atoms with E-state index in [1.165, 1.54) is 10.5 Å². The van der Waals surface area contributed by atoms with Gasteiger partial charge in [-0.1, -0.05) is 30.3 Å². The molecule has 0 bridgehead atoms. The Morgan fingerprint density at radius 3 is 2.75 bits per heavy atom. The number of ether oxygens (including phenoxy) is 1. The van der Waals surface area contributed by atoms with Gasteiger partial charge in [-0.15, -0.1) is 0 Å². The Bertz CT molecular complexity index is 460. The number of carbonyl (C=O) groups excluding carboxylic acids is 1. The smallest absolute Gasteiger partial charge is 0.328 e. The third kappa shape index (κ3) is 3.81. The number of carbonyl (C=O) groups is 2. The molecule has 1 atom stereocenters. The lowest BCUT2D eigenvalue weighted by atomic mass is 10.1. The Morgan fingerprint density at radius 2 is 2.05 bits per heavy atom. The van der Waals surface area contributed by atoms with Crippen molar-refractivity contribution in [1.82, 2.24) is 4.90 Å². The molecule has 2 rings (SSSR count). The fraction of sp³-hybridized carbons (Fsp3) is 0.467. The van der Waals surface area contributed by atoms with Crippen LogP contribution in [0.4, 0.5) is 0 Å². The van der Waals surface area contributed by atoms with E-state index in [0.717, 1.165) is 12.8 Å². The largest absolute Gasteiger partial charge is 0.480 e. The third-order valence-corrected chi connectivity index (χ3v) is 3.43. The molecule has 108 valence electrons.